The lowest BCUT2D eigenvalue weighted by Crippen LogP contribution is -2.55. The standard InChI is InChI=1S/C33H34N2O4/c36-32(28-24-29(25-10-4-1-5-11-25)39-33(28)27-14-8-3-9-15-27)31(35-18-22-38-23-19-35)30(26-12-6-2-7-13-26)34-16-20-37-21-17-34/h1-15,24,30-31H,16-23H2. The number of hydrogen-bond donors (Lipinski definition) is 0. The van der Waals surface area contributed by atoms with E-state index in [9.17, 15) is 4.79 Å². The minimum absolute atomic E-state index is 0.0713. The van der Waals surface area contributed by atoms with E-state index in [2.05, 4.69) is 34.1 Å². The largest absolute Gasteiger partial charge is 0.455 e. The van der Waals surface area contributed by atoms with E-state index in [1.165, 1.54) is 0 Å². The highest BCUT2D eigenvalue weighted by Gasteiger charge is 2.41. The second kappa shape index (κ2) is 12.1. The fraction of sp³-hybridized carbons (Fsp3) is 0.303. The van der Waals surface area contributed by atoms with Gasteiger partial charge in [0, 0.05) is 37.3 Å². The minimum Gasteiger partial charge on any atom is -0.455 e. The maximum Gasteiger partial charge on any atom is 0.185 e. The first kappa shape index (κ1) is 25.7. The van der Waals surface area contributed by atoms with Crippen molar-refractivity contribution in [2.75, 3.05) is 52.6 Å². The number of Topliss-reactive ketones (excluding diaryl/α,β-unsaturated/α-hetero) is 1. The van der Waals surface area contributed by atoms with Crippen LogP contribution in [0.15, 0.2) is 101 Å². The molecule has 0 saturated carbocycles. The van der Waals surface area contributed by atoms with Gasteiger partial charge in [0.2, 0.25) is 0 Å². The monoisotopic (exact) mass is 522 g/mol. The van der Waals surface area contributed by atoms with Crippen LogP contribution in [-0.2, 0) is 9.47 Å². The smallest absolute Gasteiger partial charge is 0.185 e. The number of carbonyl (C=O) groups excluding carboxylic acids is 1. The third kappa shape index (κ3) is 5.60. The average Bonchev–Trinajstić information content (AvgIpc) is 3.47. The Hall–Kier alpha value is -3.55. The molecule has 0 amide bonds. The number of nitrogens with zero attached hydrogens (tertiary/aromatic N) is 2. The Bertz CT molecular complexity index is 1340. The van der Waals surface area contributed by atoms with Crippen LogP contribution in [0.5, 0.6) is 0 Å². The topological polar surface area (TPSA) is 55.2 Å². The lowest BCUT2D eigenvalue weighted by Gasteiger charge is -2.44. The number of ketones is 1. The highest BCUT2D eigenvalue weighted by Crippen LogP contribution is 2.37. The van der Waals surface area contributed by atoms with Gasteiger partial charge in [-0.25, -0.2) is 0 Å². The fourth-order valence-corrected chi connectivity index (χ4v) is 5.75. The van der Waals surface area contributed by atoms with E-state index in [1.54, 1.807) is 0 Å². The molecule has 0 spiro atoms. The van der Waals surface area contributed by atoms with Crippen molar-refractivity contribution in [3.05, 3.63) is 108 Å². The molecule has 6 rings (SSSR count). The Labute approximate surface area is 229 Å². The molecule has 6 nitrogen and oxygen atoms in total. The Morgan fingerprint density at radius 3 is 1.74 bits per heavy atom. The molecule has 2 atom stereocenters. The summed E-state index contributed by atoms with van der Waals surface area (Å²) in [6.45, 7) is 5.50. The van der Waals surface area contributed by atoms with Crippen molar-refractivity contribution in [2.45, 2.75) is 12.1 Å². The second-order valence-electron chi connectivity index (χ2n) is 10.0. The number of rotatable bonds is 8. The van der Waals surface area contributed by atoms with E-state index >= 15 is 0 Å². The average molecular weight is 523 g/mol. The van der Waals surface area contributed by atoms with E-state index in [0.717, 1.165) is 29.8 Å². The van der Waals surface area contributed by atoms with Crippen LogP contribution in [0.3, 0.4) is 0 Å². The zero-order valence-electron chi connectivity index (χ0n) is 22.1. The van der Waals surface area contributed by atoms with Crippen molar-refractivity contribution in [1.29, 1.82) is 0 Å². The van der Waals surface area contributed by atoms with Crippen LogP contribution < -0.4 is 0 Å². The summed E-state index contributed by atoms with van der Waals surface area (Å²) in [5.41, 5.74) is 3.60. The molecule has 4 aromatic rings. The van der Waals surface area contributed by atoms with Gasteiger partial charge >= 0.3 is 0 Å². The Kier molecular flexibility index (Phi) is 7.98. The molecule has 1 aromatic heterocycles. The minimum atomic E-state index is -0.405. The van der Waals surface area contributed by atoms with Crippen molar-refractivity contribution >= 4 is 5.78 Å². The van der Waals surface area contributed by atoms with Gasteiger partial charge in [0.25, 0.3) is 0 Å². The highest BCUT2D eigenvalue weighted by molar-refractivity contribution is 6.06. The lowest BCUT2D eigenvalue weighted by molar-refractivity contribution is -0.0301. The molecule has 0 radical (unpaired) electrons. The van der Waals surface area contributed by atoms with Crippen LogP contribution in [0, 0.1) is 0 Å². The molecule has 0 bridgehead atoms. The second-order valence-corrected chi connectivity index (χ2v) is 10.0. The van der Waals surface area contributed by atoms with Gasteiger partial charge in [0.05, 0.1) is 44.1 Å². The zero-order chi connectivity index (χ0) is 26.4. The summed E-state index contributed by atoms with van der Waals surface area (Å²) in [5, 5.41) is 0. The van der Waals surface area contributed by atoms with Crippen LogP contribution in [0.1, 0.15) is 22.0 Å². The van der Waals surface area contributed by atoms with E-state index in [-0.39, 0.29) is 11.8 Å². The first-order valence-electron chi connectivity index (χ1n) is 13.8. The predicted octanol–water partition coefficient (Wildman–Crippen LogP) is 5.57. The Morgan fingerprint density at radius 2 is 1.15 bits per heavy atom. The molecule has 6 heteroatoms. The molecule has 3 aromatic carbocycles. The summed E-state index contributed by atoms with van der Waals surface area (Å²) in [6.07, 6.45) is 0. The van der Waals surface area contributed by atoms with Crippen LogP contribution in [-0.4, -0.2) is 74.2 Å². The maximum absolute atomic E-state index is 14.9. The van der Waals surface area contributed by atoms with E-state index < -0.39 is 6.04 Å². The van der Waals surface area contributed by atoms with Crippen LogP contribution >= 0.6 is 0 Å². The van der Waals surface area contributed by atoms with Crippen molar-refractivity contribution in [3.8, 4) is 22.6 Å². The molecular formula is C33H34N2O4. The van der Waals surface area contributed by atoms with Crippen molar-refractivity contribution in [2.24, 2.45) is 0 Å². The third-order valence-electron chi connectivity index (χ3n) is 7.68. The number of hydrogen-bond acceptors (Lipinski definition) is 6. The normalized spacial score (nSPS) is 18.5. The molecule has 2 saturated heterocycles. The molecule has 2 fully saturated rings. The van der Waals surface area contributed by atoms with Crippen molar-refractivity contribution in [1.82, 2.24) is 9.80 Å². The highest BCUT2D eigenvalue weighted by atomic mass is 16.5. The molecule has 39 heavy (non-hydrogen) atoms. The quantitative estimate of drug-likeness (QED) is 0.282. The number of ether oxygens (including phenoxy) is 2. The van der Waals surface area contributed by atoms with Gasteiger partial charge in [-0.3, -0.25) is 14.6 Å². The molecule has 2 aliphatic rings. The third-order valence-corrected chi connectivity index (χ3v) is 7.68. The lowest BCUT2D eigenvalue weighted by atomic mass is 9.88. The summed E-state index contributed by atoms with van der Waals surface area (Å²) >= 11 is 0. The number of morpholine rings is 2. The summed E-state index contributed by atoms with van der Waals surface area (Å²) in [7, 11) is 0. The number of furan rings is 1. The van der Waals surface area contributed by atoms with Gasteiger partial charge in [-0.05, 0) is 11.6 Å². The van der Waals surface area contributed by atoms with E-state index in [4.69, 9.17) is 13.9 Å². The summed E-state index contributed by atoms with van der Waals surface area (Å²) in [5.74, 6) is 1.38. The van der Waals surface area contributed by atoms with Gasteiger partial charge in [-0.15, -0.1) is 0 Å². The number of benzene rings is 3. The van der Waals surface area contributed by atoms with Gasteiger partial charge in [0.1, 0.15) is 11.5 Å². The fourth-order valence-electron chi connectivity index (χ4n) is 5.75. The molecule has 0 N–H and O–H groups in total. The Morgan fingerprint density at radius 1 is 0.641 bits per heavy atom. The molecular weight excluding hydrogens is 488 g/mol. The van der Waals surface area contributed by atoms with E-state index in [0.29, 0.717) is 56.6 Å². The summed E-state index contributed by atoms with van der Waals surface area (Å²) < 4.78 is 17.9. The van der Waals surface area contributed by atoms with Gasteiger partial charge in [-0.2, -0.15) is 0 Å². The first-order valence-corrected chi connectivity index (χ1v) is 13.8. The van der Waals surface area contributed by atoms with Gasteiger partial charge in [-0.1, -0.05) is 91.0 Å². The molecule has 3 heterocycles. The zero-order valence-corrected chi connectivity index (χ0v) is 22.1. The summed E-state index contributed by atoms with van der Waals surface area (Å²) in [4.78, 5) is 19.7. The maximum atomic E-state index is 14.9. The Balaban J connectivity index is 1.49. The van der Waals surface area contributed by atoms with Gasteiger partial charge in [0.15, 0.2) is 5.78 Å². The SMILES string of the molecule is O=C(c1cc(-c2ccccc2)oc1-c1ccccc1)C(C(c1ccccc1)N1CCOCC1)N1CCOCC1. The van der Waals surface area contributed by atoms with Gasteiger partial charge < -0.3 is 13.9 Å². The van der Waals surface area contributed by atoms with Crippen molar-refractivity contribution < 1.29 is 18.7 Å². The van der Waals surface area contributed by atoms with Crippen molar-refractivity contribution in [3.63, 3.8) is 0 Å². The summed E-state index contributed by atoms with van der Waals surface area (Å²) in [6, 6.07) is 31.8. The predicted molar refractivity (Wildman–Crippen MR) is 152 cm³/mol. The van der Waals surface area contributed by atoms with Crippen LogP contribution in [0.25, 0.3) is 22.6 Å². The van der Waals surface area contributed by atoms with Crippen LogP contribution in [0.2, 0.25) is 0 Å². The van der Waals surface area contributed by atoms with Crippen LogP contribution in [0.4, 0.5) is 0 Å². The molecule has 200 valence electrons. The number of carbonyl (C=O) groups is 1. The first-order chi connectivity index (χ1) is 19.3. The molecule has 0 aliphatic carbocycles. The molecule has 2 aliphatic heterocycles. The van der Waals surface area contributed by atoms with E-state index in [1.807, 2.05) is 72.8 Å². The molecule has 2 unspecified atom stereocenters.